The Balaban J connectivity index is 0.00000261. The topological polar surface area (TPSA) is 72.4 Å². The number of aliphatic hydroxyl groups excluding tert-OH is 1. The summed E-state index contributed by atoms with van der Waals surface area (Å²) in [5.74, 6) is 1.20. The fraction of sp³-hybridized carbons (Fsp3) is 0.250. The summed E-state index contributed by atoms with van der Waals surface area (Å²) in [6, 6.07) is 15.1. The molecule has 0 bridgehead atoms. The van der Waals surface area contributed by atoms with Crippen LogP contribution in [-0.2, 0) is 13.1 Å². The molecule has 1 unspecified atom stereocenters. The summed E-state index contributed by atoms with van der Waals surface area (Å²) in [6.07, 6.45) is 0.993. The first-order valence-electron chi connectivity index (χ1n) is 8.43. The molecular weight excluding hydrogens is 366 g/mol. The number of fused-ring (bicyclic) bond motifs is 1. The van der Waals surface area contributed by atoms with Gasteiger partial charge in [-0.25, -0.2) is 0 Å². The van der Waals surface area contributed by atoms with E-state index in [4.69, 9.17) is 14.9 Å². The standard InChI is InChI=1S/C20H23N3O3.ClH/c1-3-12-22-16-8-4-5-9-17(16)23(20(22)21)13-15(24)14-26-19-11-7-6-10-18(19)25-2;/h3-11,15,21,24H,1,12-14H2,2H3;1H. The highest BCUT2D eigenvalue weighted by Gasteiger charge is 2.14. The van der Waals surface area contributed by atoms with Gasteiger partial charge < -0.3 is 23.7 Å². The molecule has 2 aromatic carbocycles. The first-order valence-corrected chi connectivity index (χ1v) is 8.43. The summed E-state index contributed by atoms with van der Waals surface area (Å²) in [4.78, 5) is 0. The minimum Gasteiger partial charge on any atom is -0.493 e. The predicted molar refractivity (Wildman–Crippen MR) is 108 cm³/mol. The van der Waals surface area contributed by atoms with Crippen LogP contribution >= 0.6 is 12.4 Å². The first kappa shape index (κ1) is 20.6. The van der Waals surface area contributed by atoms with Crippen LogP contribution in [0.1, 0.15) is 0 Å². The third-order valence-electron chi connectivity index (χ3n) is 4.18. The van der Waals surface area contributed by atoms with Crippen LogP contribution in [0.2, 0.25) is 0 Å². The fourth-order valence-corrected chi connectivity index (χ4v) is 2.98. The second-order valence-electron chi connectivity index (χ2n) is 5.94. The van der Waals surface area contributed by atoms with Gasteiger partial charge in [0.2, 0.25) is 5.62 Å². The molecule has 0 aliphatic rings. The van der Waals surface area contributed by atoms with E-state index >= 15 is 0 Å². The molecule has 27 heavy (non-hydrogen) atoms. The lowest BCUT2D eigenvalue weighted by molar-refractivity contribution is 0.0906. The van der Waals surface area contributed by atoms with E-state index in [0.29, 0.717) is 23.7 Å². The SMILES string of the molecule is C=CCn1c(=N)n(CC(O)COc2ccccc2OC)c2ccccc21.Cl. The lowest BCUT2D eigenvalue weighted by Crippen LogP contribution is -2.31. The molecule has 144 valence electrons. The molecule has 1 heterocycles. The first-order chi connectivity index (χ1) is 12.7. The molecule has 3 aromatic rings. The van der Waals surface area contributed by atoms with Crippen molar-refractivity contribution in [1.29, 1.82) is 5.41 Å². The van der Waals surface area contributed by atoms with Gasteiger partial charge in [-0.2, -0.15) is 0 Å². The molecule has 6 nitrogen and oxygen atoms in total. The van der Waals surface area contributed by atoms with Crippen LogP contribution in [0.3, 0.4) is 0 Å². The molecule has 2 N–H and O–H groups in total. The molecule has 0 fully saturated rings. The van der Waals surface area contributed by atoms with Gasteiger partial charge in [-0.15, -0.1) is 19.0 Å². The molecule has 0 saturated heterocycles. The second-order valence-corrected chi connectivity index (χ2v) is 5.94. The van der Waals surface area contributed by atoms with Crippen molar-refractivity contribution in [2.45, 2.75) is 19.2 Å². The summed E-state index contributed by atoms with van der Waals surface area (Å²) < 4.78 is 14.6. The summed E-state index contributed by atoms with van der Waals surface area (Å²) in [6.45, 7) is 4.67. The number of benzene rings is 2. The molecule has 3 rings (SSSR count). The van der Waals surface area contributed by atoms with Crippen molar-refractivity contribution in [3.63, 3.8) is 0 Å². The summed E-state index contributed by atoms with van der Waals surface area (Å²) in [5, 5.41) is 18.9. The number of hydrogen-bond acceptors (Lipinski definition) is 4. The largest absolute Gasteiger partial charge is 0.493 e. The molecule has 0 amide bonds. The lowest BCUT2D eigenvalue weighted by Gasteiger charge is -2.15. The molecule has 0 aliphatic carbocycles. The normalized spacial score (nSPS) is 11.6. The highest BCUT2D eigenvalue weighted by Crippen LogP contribution is 2.25. The molecule has 7 heteroatoms. The number of rotatable bonds is 8. The van der Waals surface area contributed by atoms with Crippen LogP contribution < -0.4 is 15.1 Å². The average Bonchev–Trinajstić information content (AvgIpc) is 2.93. The quantitative estimate of drug-likeness (QED) is 0.582. The maximum Gasteiger partial charge on any atom is 0.203 e. The lowest BCUT2D eigenvalue weighted by atomic mass is 10.3. The predicted octanol–water partition coefficient (Wildman–Crippen LogP) is 2.98. The van der Waals surface area contributed by atoms with Crippen molar-refractivity contribution in [3.05, 3.63) is 66.8 Å². The van der Waals surface area contributed by atoms with Gasteiger partial charge in [0.05, 0.1) is 24.7 Å². The van der Waals surface area contributed by atoms with Crippen molar-refractivity contribution in [3.8, 4) is 11.5 Å². The Morgan fingerprint density at radius 1 is 1.07 bits per heavy atom. The molecule has 0 spiro atoms. The number of aromatic nitrogens is 2. The van der Waals surface area contributed by atoms with Crippen LogP contribution in [-0.4, -0.2) is 34.1 Å². The maximum absolute atomic E-state index is 10.5. The zero-order chi connectivity index (χ0) is 18.5. The zero-order valence-corrected chi connectivity index (χ0v) is 16.0. The number of hydrogen-bond donors (Lipinski definition) is 2. The van der Waals surface area contributed by atoms with Crippen molar-refractivity contribution < 1.29 is 14.6 Å². The van der Waals surface area contributed by atoms with Crippen molar-refractivity contribution >= 4 is 23.4 Å². The van der Waals surface area contributed by atoms with Gasteiger partial charge in [-0.3, -0.25) is 5.41 Å². The van der Waals surface area contributed by atoms with Crippen LogP contribution in [0.5, 0.6) is 11.5 Å². The van der Waals surface area contributed by atoms with E-state index in [1.54, 1.807) is 29.9 Å². The number of nitrogens with zero attached hydrogens (tertiary/aromatic N) is 2. The van der Waals surface area contributed by atoms with E-state index in [2.05, 4.69) is 6.58 Å². The smallest absolute Gasteiger partial charge is 0.203 e. The van der Waals surface area contributed by atoms with E-state index in [-0.39, 0.29) is 25.6 Å². The number of aliphatic hydroxyl groups is 1. The van der Waals surface area contributed by atoms with E-state index in [1.165, 1.54) is 0 Å². The molecular formula is C20H24ClN3O3. The molecule has 0 aliphatic heterocycles. The van der Waals surface area contributed by atoms with Crippen molar-refractivity contribution in [2.75, 3.05) is 13.7 Å². The monoisotopic (exact) mass is 389 g/mol. The molecule has 0 radical (unpaired) electrons. The van der Waals surface area contributed by atoms with E-state index < -0.39 is 6.10 Å². The average molecular weight is 390 g/mol. The van der Waals surface area contributed by atoms with Gasteiger partial charge in [0.1, 0.15) is 12.7 Å². The van der Waals surface area contributed by atoms with Gasteiger partial charge in [0.25, 0.3) is 0 Å². The second kappa shape index (κ2) is 9.30. The van der Waals surface area contributed by atoms with Crippen LogP contribution in [0, 0.1) is 5.41 Å². The third-order valence-corrected chi connectivity index (χ3v) is 4.18. The number of allylic oxidation sites excluding steroid dienone is 1. The highest BCUT2D eigenvalue weighted by atomic mass is 35.5. The Kier molecular flexibility index (Phi) is 7.10. The highest BCUT2D eigenvalue weighted by molar-refractivity contribution is 5.85. The van der Waals surface area contributed by atoms with Crippen LogP contribution in [0.15, 0.2) is 61.2 Å². The third kappa shape index (κ3) is 4.35. The van der Waals surface area contributed by atoms with Crippen molar-refractivity contribution in [1.82, 2.24) is 9.13 Å². The molecule has 1 aromatic heterocycles. The van der Waals surface area contributed by atoms with Crippen molar-refractivity contribution in [2.24, 2.45) is 0 Å². The number of nitrogens with one attached hydrogen (secondary N) is 1. The minimum absolute atomic E-state index is 0. The number of methoxy groups -OCH3 is 1. The number of imidazole rings is 1. The number of ether oxygens (including phenoxy) is 2. The van der Waals surface area contributed by atoms with Gasteiger partial charge in [-0.1, -0.05) is 30.3 Å². The van der Waals surface area contributed by atoms with Gasteiger partial charge >= 0.3 is 0 Å². The van der Waals surface area contributed by atoms with Crippen LogP contribution in [0.4, 0.5) is 0 Å². The van der Waals surface area contributed by atoms with E-state index in [1.807, 2.05) is 41.0 Å². The maximum atomic E-state index is 10.5. The van der Waals surface area contributed by atoms with Gasteiger partial charge in [0.15, 0.2) is 11.5 Å². The number of para-hydroxylation sites is 4. The van der Waals surface area contributed by atoms with Gasteiger partial charge in [0, 0.05) is 6.54 Å². The van der Waals surface area contributed by atoms with Crippen LogP contribution in [0.25, 0.3) is 11.0 Å². The Labute approximate surface area is 164 Å². The summed E-state index contributed by atoms with van der Waals surface area (Å²) in [5.41, 5.74) is 2.16. The Hall–Kier alpha value is -2.70. The Morgan fingerprint density at radius 3 is 2.30 bits per heavy atom. The minimum atomic E-state index is -0.767. The van der Waals surface area contributed by atoms with E-state index in [9.17, 15) is 5.11 Å². The summed E-state index contributed by atoms with van der Waals surface area (Å²) in [7, 11) is 1.58. The Morgan fingerprint density at radius 2 is 1.67 bits per heavy atom. The fourth-order valence-electron chi connectivity index (χ4n) is 2.98. The Bertz CT molecular complexity index is 965. The van der Waals surface area contributed by atoms with Gasteiger partial charge in [-0.05, 0) is 24.3 Å². The molecule has 1 atom stereocenters. The molecule has 0 saturated carbocycles. The zero-order valence-electron chi connectivity index (χ0n) is 15.2. The van der Waals surface area contributed by atoms with E-state index in [0.717, 1.165) is 11.0 Å². The summed E-state index contributed by atoms with van der Waals surface area (Å²) >= 11 is 0. The number of halogens is 1.